The molecule has 1 aromatic heterocycles. The van der Waals surface area contributed by atoms with Crippen molar-refractivity contribution in [2.24, 2.45) is 0 Å². The summed E-state index contributed by atoms with van der Waals surface area (Å²) >= 11 is 5.72. The fourth-order valence-electron chi connectivity index (χ4n) is 1.51. The van der Waals surface area contributed by atoms with Gasteiger partial charge in [-0.2, -0.15) is 0 Å². The highest BCUT2D eigenvalue weighted by atomic mass is 35.5. The third kappa shape index (κ3) is 1.65. The molecular weight excluding hydrogens is 182 g/mol. The molecule has 0 aliphatic rings. The minimum atomic E-state index is 0.668. The van der Waals surface area contributed by atoms with Gasteiger partial charge in [0.1, 0.15) is 0 Å². The van der Waals surface area contributed by atoms with E-state index in [1.807, 2.05) is 24.5 Å². The summed E-state index contributed by atoms with van der Waals surface area (Å²) in [7, 11) is 0. The topological polar surface area (TPSA) is 12.9 Å². The molecule has 0 aliphatic carbocycles. The van der Waals surface area contributed by atoms with Gasteiger partial charge in [-0.1, -0.05) is 18.2 Å². The highest BCUT2D eigenvalue weighted by molar-refractivity contribution is 6.18. The van der Waals surface area contributed by atoms with Crippen LogP contribution in [0.4, 0.5) is 0 Å². The first-order chi connectivity index (χ1) is 6.42. The molecule has 0 unspecified atom stereocenters. The second kappa shape index (κ2) is 3.75. The lowest BCUT2D eigenvalue weighted by molar-refractivity contribution is 1.17. The second-order valence-electron chi connectivity index (χ2n) is 2.95. The molecule has 66 valence electrons. The standard InChI is InChI=1S/C11H10ClN/c12-6-4-9-2-1-3-10-8-13-7-5-11(9)10/h1-3,5,7-8H,4,6H2. The van der Waals surface area contributed by atoms with Crippen LogP contribution in [0, 0.1) is 0 Å². The largest absolute Gasteiger partial charge is 0.264 e. The van der Waals surface area contributed by atoms with E-state index in [0.29, 0.717) is 5.88 Å². The van der Waals surface area contributed by atoms with Crippen molar-refractivity contribution >= 4 is 22.4 Å². The molecule has 1 nitrogen and oxygen atoms in total. The summed E-state index contributed by atoms with van der Waals surface area (Å²) in [6, 6.07) is 8.27. The first-order valence-corrected chi connectivity index (χ1v) is 4.83. The van der Waals surface area contributed by atoms with Gasteiger partial charge in [0.05, 0.1) is 0 Å². The van der Waals surface area contributed by atoms with Crippen molar-refractivity contribution in [3.05, 3.63) is 42.2 Å². The number of halogens is 1. The number of alkyl halides is 1. The van der Waals surface area contributed by atoms with Crippen LogP contribution in [0.3, 0.4) is 0 Å². The van der Waals surface area contributed by atoms with E-state index in [9.17, 15) is 0 Å². The van der Waals surface area contributed by atoms with Gasteiger partial charge in [0.15, 0.2) is 0 Å². The quantitative estimate of drug-likeness (QED) is 0.665. The van der Waals surface area contributed by atoms with Crippen molar-refractivity contribution in [3.8, 4) is 0 Å². The summed E-state index contributed by atoms with van der Waals surface area (Å²) in [6.07, 6.45) is 4.62. The molecule has 0 spiro atoms. The molecule has 0 N–H and O–H groups in total. The van der Waals surface area contributed by atoms with Crippen molar-refractivity contribution in [1.82, 2.24) is 4.98 Å². The molecule has 0 radical (unpaired) electrons. The SMILES string of the molecule is ClCCc1cccc2cnccc12. The van der Waals surface area contributed by atoms with Crippen molar-refractivity contribution in [2.45, 2.75) is 6.42 Å². The molecule has 2 rings (SSSR count). The van der Waals surface area contributed by atoms with E-state index in [4.69, 9.17) is 11.6 Å². The zero-order valence-corrected chi connectivity index (χ0v) is 7.96. The number of fused-ring (bicyclic) bond motifs is 1. The molecule has 2 heteroatoms. The highest BCUT2D eigenvalue weighted by Gasteiger charge is 1.98. The Bertz CT molecular complexity index is 406. The van der Waals surface area contributed by atoms with Crippen LogP contribution < -0.4 is 0 Å². The first-order valence-electron chi connectivity index (χ1n) is 4.29. The van der Waals surface area contributed by atoms with E-state index in [1.54, 1.807) is 0 Å². The number of hydrogen-bond acceptors (Lipinski definition) is 1. The van der Waals surface area contributed by atoms with Crippen molar-refractivity contribution in [2.75, 3.05) is 5.88 Å². The average molecular weight is 192 g/mol. The van der Waals surface area contributed by atoms with Crippen LogP contribution in [-0.4, -0.2) is 10.9 Å². The van der Waals surface area contributed by atoms with Crippen molar-refractivity contribution < 1.29 is 0 Å². The zero-order chi connectivity index (χ0) is 9.10. The summed E-state index contributed by atoms with van der Waals surface area (Å²) in [5.41, 5.74) is 1.30. The van der Waals surface area contributed by atoms with Gasteiger partial charge in [0.25, 0.3) is 0 Å². The Balaban J connectivity index is 2.61. The Morgan fingerprint density at radius 3 is 3.00 bits per heavy atom. The Kier molecular flexibility index (Phi) is 2.46. The molecule has 13 heavy (non-hydrogen) atoms. The first kappa shape index (κ1) is 8.52. The van der Waals surface area contributed by atoms with Crippen molar-refractivity contribution in [1.29, 1.82) is 0 Å². The van der Waals surface area contributed by atoms with Crippen LogP contribution in [0.2, 0.25) is 0 Å². The average Bonchev–Trinajstić information content (AvgIpc) is 2.19. The monoisotopic (exact) mass is 191 g/mol. The molecule has 0 amide bonds. The van der Waals surface area contributed by atoms with Crippen LogP contribution in [0.15, 0.2) is 36.7 Å². The summed E-state index contributed by atoms with van der Waals surface area (Å²) in [5.74, 6) is 0.668. The summed E-state index contributed by atoms with van der Waals surface area (Å²) in [6.45, 7) is 0. The van der Waals surface area contributed by atoms with Gasteiger partial charge in [0, 0.05) is 23.7 Å². The number of nitrogens with zero attached hydrogens (tertiary/aromatic N) is 1. The Hall–Kier alpha value is -1.08. The second-order valence-corrected chi connectivity index (χ2v) is 3.33. The molecular formula is C11H10ClN. The minimum Gasteiger partial charge on any atom is -0.264 e. The third-order valence-corrected chi connectivity index (χ3v) is 2.32. The van der Waals surface area contributed by atoms with Crippen LogP contribution in [0.1, 0.15) is 5.56 Å². The van der Waals surface area contributed by atoms with Crippen LogP contribution >= 0.6 is 11.6 Å². The molecule has 1 aromatic carbocycles. The maximum Gasteiger partial charge on any atom is 0.0346 e. The Morgan fingerprint density at radius 2 is 2.15 bits per heavy atom. The predicted octanol–water partition coefficient (Wildman–Crippen LogP) is 3.02. The molecule has 0 bridgehead atoms. The number of rotatable bonds is 2. The van der Waals surface area contributed by atoms with E-state index in [0.717, 1.165) is 6.42 Å². The fraction of sp³-hybridized carbons (Fsp3) is 0.182. The Labute approximate surface area is 82.4 Å². The maximum absolute atomic E-state index is 5.72. The van der Waals surface area contributed by atoms with Gasteiger partial charge in [-0.15, -0.1) is 11.6 Å². The normalized spacial score (nSPS) is 10.5. The number of benzene rings is 1. The van der Waals surface area contributed by atoms with Crippen LogP contribution in [0.25, 0.3) is 10.8 Å². The lowest BCUT2D eigenvalue weighted by Crippen LogP contribution is -1.88. The molecule has 0 saturated carbocycles. The van der Waals surface area contributed by atoms with Crippen LogP contribution in [-0.2, 0) is 6.42 Å². The van der Waals surface area contributed by atoms with Gasteiger partial charge in [-0.25, -0.2) is 0 Å². The molecule has 1 heterocycles. The molecule has 2 aromatic rings. The molecule has 0 atom stereocenters. The van der Waals surface area contributed by atoms with Crippen LogP contribution in [0.5, 0.6) is 0 Å². The smallest absolute Gasteiger partial charge is 0.0346 e. The van der Waals surface area contributed by atoms with Gasteiger partial charge < -0.3 is 0 Å². The zero-order valence-electron chi connectivity index (χ0n) is 7.20. The Morgan fingerprint density at radius 1 is 1.23 bits per heavy atom. The molecule has 0 saturated heterocycles. The van der Waals surface area contributed by atoms with Gasteiger partial charge >= 0.3 is 0 Å². The summed E-state index contributed by atoms with van der Waals surface area (Å²) in [5, 5.41) is 2.45. The van der Waals surface area contributed by atoms with Gasteiger partial charge in [0.2, 0.25) is 0 Å². The highest BCUT2D eigenvalue weighted by Crippen LogP contribution is 2.17. The number of hydrogen-bond donors (Lipinski definition) is 0. The number of pyridine rings is 1. The van der Waals surface area contributed by atoms with Gasteiger partial charge in [-0.3, -0.25) is 4.98 Å². The molecule has 0 aliphatic heterocycles. The summed E-state index contributed by atoms with van der Waals surface area (Å²) in [4.78, 5) is 4.08. The lowest BCUT2D eigenvalue weighted by atomic mass is 10.1. The number of aromatic nitrogens is 1. The van der Waals surface area contributed by atoms with E-state index < -0.39 is 0 Å². The van der Waals surface area contributed by atoms with E-state index in [1.165, 1.54) is 16.3 Å². The predicted molar refractivity (Wildman–Crippen MR) is 56.2 cm³/mol. The van der Waals surface area contributed by atoms with E-state index in [2.05, 4.69) is 17.1 Å². The summed E-state index contributed by atoms with van der Waals surface area (Å²) < 4.78 is 0. The fourth-order valence-corrected chi connectivity index (χ4v) is 1.71. The van der Waals surface area contributed by atoms with E-state index in [-0.39, 0.29) is 0 Å². The van der Waals surface area contributed by atoms with Gasteiger partial charge in [-0.05, 0) is 23.4 Å². The number of aryl methyl sites for hydroxylation is 1. The lowest BCUT2D eigenvalue weighted by Gasteiger charge is -2.02. The molecule has 0 fully saturated rings. The van der Waals surface area contributed by atoms with Crippen molar-refractivity contribution in [3.63, 3.8) is 0 Å². The minimum absolute atomic E-state index is 0.668. The third-order valence-electron chi connectivity index (χ3n) is 2.13. The maximum atomic E-state index is 5.72. The van der Waals surface area contributed by atoms with E-state index >= 15 is 0 Å².